The predicted octanol–water partition coefficient (Wildman–Crippen LogP) is 2.40. The van der Waals surface area contributed by atoms with Gasteiger partial charge in [-0.05, 0) is 17.7 Å². The Kier molecular flexibility index (Phi) is 5.86. The van der Waals surface area contributed by atoms with Crippen LogP contribution in [0.3, 0.4) is 0 Å². The number of aromatic amines is 1. The number of pyridine rings is 1. The molecule has 1 aromatic carbocycles. The van der Waals surface area contributed by atoms with Crippen LogP contribution in [0.1, 0.15) is 11.1 Å². The van der Waals surface area contributed by atoms with Gasteiger partial charge in [-0.2, -0.15) is 10.5 Å². The first-order valence-corrected chi connectivity index (χ1v) is 8.56. The number of nitrogens with zero attached hydrogens (tertiary/aromatic N) is 2. The highest BCUT2D eigenvalue weighted by molar-refractivity contribution is 9.10. The standard InChI is InChI=1S/C16H11BrN4O3S/c1-24-13(22)7-25-12-4-8(17)2-3-9(12)14-10(5-18)15(20)21-16(23)11(14)6-19/h2-4H,7H2,1H3,(H3,20,21,23). The number of esters is 1. The quantitative estimate of drug-likeness (QED) is 0.574. The molecule has 0 bridgehead atoms. The average Bonchev–Trinajstić information content (AvgIpc) is 2.59. The number of nitriles is 2. The fraction of sp³-hybridized carbons (Fsp3) is 0.125. The summed E-state index contributed by atoms with van der Waals surface area (Å²) in [4.78, 5) is 26.4. The maximum atomic E-state index is 12.1. The molecule has 0 atom stereocenters. The van der Waals surface area contributed by atoms with E-state index in [2.05, 4.69) is 25.7 Å². The highest BCUT2D eigenvalue weighted by atomic mass is 79.9. The molecule has 3 N–H and O–H groups in total. The molecule has 126 valence electrons. The lowest BCUT2D eigenvalue weighted by Crippen LogP contribution is -2.16. The van der Waals surface area contributed by atoms with Crippen LogP contribution in [0.5, 0.6) is 0 Å². The van der Waals surface area contributed by atoms with Crippen LogP contribution in [0.15, 0.2) is 32.4 Å². The third-order valence-corrected chi connectivity index (χ3v) is 4.78. The van der Waals surface area contributed by atoms with E-state index in [9.17, 15) is 20.1 Å². The molecular formula is C16H11BrN4O3S. The van der Waals surface area contributed by atoms with E-state index < -0.39 is 11.5 Å². The van der Waals surface area contributed by atoms with E-state index >= 15 is 0 Å². The van der Waals surface area contributed by atoms with Crippen LogP contribution in [0.4, 0.5) is 5.82 Å². The summed E-state index contributed by atoms with van der Waals surface area (Å²) in [6.45, 7) is 0. The van der Waals surface area contributed by atoms with Crippen molar-refractivity contribution < 1.29 is 9.53 Å². The first-order chi connectivity index (χ1) is 11.9. The number of rotatable bonds is 4. The lowest BCUT2D eigenvalue weighted by Gasteiger charge is -2.13. The molecule has 25 heavy (non-hydrogen) atoms. The topological polar surface area (TPSA) is 133 Å². The lowest BCUT2D eigenvalue weighted by atomic mass is 9.96. The molecule has 0 spiro atoms. The molecule has 2 rings (SSSR count). The number of carbonyl (C=O) groups excluding carboxylic acids is 1. The Bertz CT molecular complexity index is 989. The molecule has 0 radical (unpaired) electrons. The van der Waals surface area contributed by atoms with Crippen molar-refractivity contribution in [3.63, 3.8) is 0 Å². The molecule has 7 nitrogen and oxygen atoms in total. The largest absolute Gasteiger partial charge is 0.468 e. The van der Waals surface area contributed by atoms with Crippen LogP contribution in [-0.4, -0.2) is 23.8 Å². The number of nitrogen functional groups attached to an aromatic ring is 1. The molecule has 0 fully saturated rings. The summed E-state index contributed by atoms with van der Waals surface area (Å²) in [5, 5.41) is 18.8. The number of ether oxygens (including phenoxy) is 1. The van der Waals surface area contributed by atoms with Gasteiger partial charge in [0.25, 0.3) is 5.56 Å². The molecule has 0 amide bonds. The number of thioether (sulfide) groups is 1. The van der Waals surface area contributed by atoms with E-state index in [-0.39, 0.29) is 28.3 Å². The zero-order valence-corrected chi connectivity index (χ0v) is 15.3. The van der Waals surface area contributed by atoms with Crippen LogP contribution in [0, 0.1) is 22.7 Å². The van der Waals surface area contributed by atoms with Crippen molar-refractivity contribution in [1.82, 2.24) is 4.98 Å². The minimum atomic E-state index is -0.680. The van der Waals surface area contributed by atoms with Crippen LogP contribution < -0.4 is 11.3 Å². The highest BCUT2D eigenvalue weighted by Crippen LogP contribution is 2.37. The summed E-state index contributed by atoms with van der Waals surface area (Å²) in [6, 6.07) is 8.83. The summed E-state index contributed by atoms with van der Waals surface area (Å²) in [5.41, 5.74) is 5.45. The van der Waals surface area contributed by atoms with Gasteiger partial charge in [0.05, 0.1) is 12.9 Å². The van der Waals surface area contributed by atoms with Gasteiger partial charge in [-0.3, -0.25) is 9.59 Å². The molecular weight excluding hydrogens is 408 g/mol. The van der Waals surface area contributed by atoms with Crippen molar-refractivity contribution in [3.8, 4) is 23.3 Å². The van der Waals surface area contributed by atoms with Crippen molar-refractivity contribution in [3.05, 3.63) is 44.2 Å². The van der Waals surface area contributed by atoms with Gasteiger partial charge >= 0.3 is 5.97 Å². The number of aromatic nitrogens is 1. The predicted molar refractivity (Wildman–Crippen MR) is 96.8 cm³/mol. The number of H-pyrrole nitrogens is 1. The minimum Gasteiger partial charge on any atom is -0.468 e. The minimum absolute atomic E-state index is 0.00149. The lowest BCUT2D eigenvalue weighted by molar-refractivity contribution is -0.137. The number of nitrogens with one attached hydrogen (secondary N) is 1. The van der Waals surface area contributed by atoms with Gasteiger partial charge in [0.15, 0.2) is 0 Å². The van der Waals surface area contributed by atoms with Gasteiger partial charge in [0.2, 0.25) is 0 Å². The van der Waals surface area contributed by atoms with E-state index in [0.717, 1.165) is 16.2 Å². The SMILES string of the molecule is COC(=O)CSc1cc(Br)ccc1-c1c(C#N)c(N)[nH]c(=O)c1C#N. The molecule has 2 aromatic rings. The normalized spacial score (nSPS) is 9.92. The molecule has 0 unspecified atom stereocenters. The van der Waals surface area contributed by atoms with Crippen molar-refractivity contribution >= 4 is 39.5 Å². The van der Waals surface area contributed by atoms with Crippen molar-refractivity contribution in [1.29, 1.82) is 10.5 Å². The van der Waals surface area contributed by atoms with E-state index in [4.69, 9.17) is 5.73 Å². The number of hydrogen-bond acceptors (Lipinski definition) is 7. The van der Waals surface area contributed by atoms with Gasteiger partial charge in [-0.15, -0.1) is 11.8 Å². The second-order valence-corrected chi connectivity index (χ2v) is 6.65. The Balaban J connectivity index is 2.75. The Morgan fingerprint density at radius 1 is 1.36 bits per heavy atom. The number of anilines is 1. The Labute approximate surface area is 155 Å². The summed E-state index contributed by atoms with van der Waals surface area (Å²) in [6.07, 6.45) is 0. The zero-order chi connectivity index (χ0) is 18.6. The molecule has 0 saturated carbocycles. The number of methoxy groups -OCH3 is 1. The number of nitrogens with two attached hydrogens (primary N) is 1. The molecule has 9 heteroatoms. The van der Waals surface area contributed by atoms with Crippen molar-refractivity contribution in [2.75, 3.05) is 18.6 Å². The summed E-state index contributed by atoms with van der Waals surface area (Å²) in [5.74, 6) is -0.515. The van der Waals surface area contributed by atoms with Crippen LogP contribution in [-0.2, 0) is 9.53 Å². The third-order valence-electron chi connectivity index (χ3n) is 3.25. The maximum Gasteiger partial charge on any atom is 0.315 e. The fourth-order valence-electron chi connectivity index (χ4n) is 2.13. The smallest absolute Gasteiger partial charge is 0.315 e. The Morgan fingerprint density at radius 2 is 2.04 bits per heavy atom. The van der Waals surface area contributed by atoms with Gasteiger partial charge in [-0.1, -0.05) is 22.0 Å². The van der Waals surface area contributed by atoms with Gasteiger partial charge in [0, 0.05) is 14.9 Å². The fourth-order valence-corrected chi connectivity index (χ4v) is 3.57. The van der Waals surface area contributed by atoms with E-state index in [0.29, 0.717) is 10.5 Å². The number of hydrogen-bond donors (Lipinski definition) is 2. The number of halogens is 1. The van der Waals surface area contributed by atoms with Crippen LogP contribution in [0.25, 0.3) is 11.1 Å². The van der Waals surface area contributed by atoms with E-state index in [1.54, 1.807) is 18.2 Å². The van der Waals surface area contributed by atoms with E-state index in [1.807, 2.05) is 12.1 Å². The molecule has 0 aliphatic carbocycles. The molecule has 0 aliphatic heterocycles. The Morgan fingerprint density at radius 3 is 2.64 bits per heavy atom. The van der Waals surface area contributed by atoms with E-state index in [1.165, 1.54) is 7.11 Å². The molecule has 1 heterocycles. The first kappa shape index (κ1) is 18.6. The number of benzene rings is 1. The molecule has 1 aromatic heterocycles. The summed E-state index contributed by atoms with van der Waals surface area (Å²) >= 11 is 4.50. The van der Waals surface area contributed by atoms with Gasteiger partial charge in [0.1, 0.15) is 29.1 Å². The molecule has 0 aliphatic rings. The Hall–Kier alpha value is -2.75. The maximum absolute atomic E-state index is 12.1. The second-order valence-electron chi connectivity index (χ2n) is 4.72. The van der Waals surface area contributed by atoms with Crippen molar-refractivity contribution in [2.24, 2.45) is 0 Å². The van der Waals surface area contributed by atoms with Gasteiger partial charge in [-0.25, -0.2) is 0 Å². The zero-order valence-electron chi connectivity index (χ0n) is 12.9. The highest BCUT2D eigenvalue weighted by Gasteiger charge is 2.21. The number of carbonyl (C=O) groups is 1. The first-order valence-electron chi connectivity index (χ1n) is 6.78. The summed E-state index contributed by atoms with van der Waals surface area (Å²) in [7, 11) is 1.28. The van der Waals surface area contributed by atoms with Crippen molar-refractivity contribution in [2.45, 2.75) is 4.90 Å². The van der Waals surface area contributed by atoms with Crippen LogP contribution >= 0.6 is 27.7 Å². The summed E-state index contributed by atoms with van der Waals surface area (Å²) < 4.78 is 5.36. The van der Waals surface area contributed by atoms with Gasteiger partial charge < -0.3 is 15.5 Å². The second kappa shape index (κ2) is 7.88. The molecule has 0 saturated heterocycles. The monoisotopic (exact) mass is 418 g/mol. The van der Waals surface area contributed by atoms with Crippen LogP contribution in [0.2, 0.25) is 0 Å². The third kappa shape index (κ3) is 3.85. The average molecular weight is 419 g/mol.